The molecule has 8 heteroatoms. The topological polar surface area (TPSA) is 100 Å². The van der Waals surface area contributed by atoms with E-state index in [9.17, 15) is 9.59 Å². The van der Waals surface area contributed by atoms with Crippen molar-refractivity contribution in [3.05, 3.63) is 65.2 Å². The molecule has 1 heterocycles. The molecule has 0 bridgehead atoms. The van der Waals surface area contributed by atoms with Gasteiger partial charge in [0.2, 0.25) is 0 Å². The third-order valence-corrected chi connectivity index (χ3v) is 6.07. The Hall–Kier alpha value is -3.39. The second-order valence-corrected chi connectivity index (χ2v) is 9.08. The highest BCUT2D eigenvalue weighted by molar-refractivity contribution is 6.06. The van der Waals surface area contributed by atoms with Gasteiger partial charge in [-0.3, -0.25) is 14.5 Å². The molecule has 35 heavy (non-hydrogen) atoms. The van der Waals surface area contributed by atoms with Gasteiger partial charge in [0.05, 0.1) is 13.7 Å². The van der Waals surface area contributed by atoms with Crippen molar-refractivity contribution >= 4 is 17.8 Å². The van der Waals surface area contributed by atoms with E-state index in [4.69, 9.17) is 10.5 Å². The predicted octanol–water partition coefficient (Wildman–Crippen LogP) is 3.16. The molecule has 0 saturated carbocycles. The average molecular weight is 480 g/mol. The Balaban J connectivity index is 1.61. The summed E-state index contributed by atoms with van der Waals surface area (Å²) >= 11 is 0. The molecule has 1 unspecified atom stereocenters. The van der Waals surface area contributed by atoms with E-state index in [0.717, 1.165) is 42.8 Å². The number of nitrogens with one attached hydrogen (secondary N) is 1. The summed E-state index contributed by atoms with van der Waals surface area (Å²) in [5.41, 5.74) is 7.71. The maximum absolute atomic E-state index is 13.2. The fourth-order valence-corrected chi connectivity index (χ4v) is 4.28. The lowest BCUT2D eigenvalue weighted by molar-refractivity contribution is -0.131. The summed E-state index contributed by atoms with van der Waals surface area (Å²) in [7, 11) is 1.61. The number of hydrogen-bond acceptors (Lipinski definition) is 6. The highest BCUT2D eigenvalue weighted by Gasteiger charge is 2.43. The quantitative estimate of drug-likeness (QED) is 0.487. The molecule has 0 aliphatic carbocycles. The molecule has 0 radical (unpaired) electrons. The number of amides is 2. The molecule has 3 N–H and O–H groups in total. The summed E-state index contributed by atoms with van der Waals surface area (Å²) in [6.07, 6.45) is 1.86. The van der Waals surface area contributed by atoms with Crippen molar-refractivity contribution in [1.82, 2.24) is 15.1 Å². The van der Waals surface area contributed by atoms with E-state index >= 15 is 0 Å². The minimum Gasteiger partial charge on any atom is -0.497 e. The van der Waals surface area contributed by atoms with Crippen molar-refractivity contribution < 1.29 is 14.3 Å². The van der Waals surface area contributed by atoms with E-state index in [-0.39, 0.29) is 17.8 Å². The van der Waals surface area contributed by atoms with Crippen LogP contribution >= 0.6 is 0 Å². The zero-order valence-electron chi connectivity index (χ0n) is 21.2. The highest BCUT2D eigenvalue weighted by Crippen LogP contribution is 2.24. The number of hydrogen-bond donors (Lipinski definition) is 2. The van der Waals surface area contributed by atoms with Crippen molar-refractivity contribution in [3.8, 4) is 5.75 Å². The van der Waals surface area contributed by atoms with E-state index in [1.54, 1.807) is 14.0 Å². The van der Waals surface area contributed by atoms with Crippen LogP contribution in [0.15, 0.2) is 53.5 Å². The number of carbonyl (C=O) groups is 2. The van der Waals surface area contributed by atoms with Crippen LogP contribution in [0.3, 0.4) is 0 Å². The Labute approximate surface area is 208 Å². The van der Waals surface area contributed by atoms with Gasteiger partial charge in [-0.05, 0) is 55.2 Å². The summed E-state index contributed by atoms with van der Waals surface area (Å²) < 4.78 is 5.27. The zero-order chi connectivity index (χ0) is 25.4. The Morgan fingerprint density at radius 1 is 1.11 bits per heavy atom. The molecule has 1 aliphatic heterocycles. The van der Waals surface area contributed by atoms with Crippen molar-refractivity contribution in [2.24, 2.45) is 10.7 Å². The summed E-state index contributed by atoms with van der Waals surface area (Å²) in [6.45, 7) is 8.62. The molecule has 0 aromatic heterocycles. The monoisotopic (exact) mass is 479 g/mol. The van der Waals surface area contributed by atoms with Crippen LogP contribution in [0.2, 0.25) is 0 Å². The van der Waals surface area contributed by atoms with Gasteiger partial charge < -0.3 is 20.7 Å². The summed E-state index contributed by atoms with van der Waals surface area (Å²) in [4.78, 5) is 34.0. The minimum absolute atomic E-state index is 0.0547. The molecule has 0 fully saturated rings. The average Bonchev–Trinajstić information content (AvgIpc) is 3.06. The summed E-state index contributed by atoms with van der Waals surface area (Å²) in [5, 5.41) is 3.33. The third-order valence-electron chi connectivity index (χ3n) is 6.07. The van der Waals surface area contributed by atoms with Crippen LogP contribution in [0.25, 0.3) is 0 Å². The number of aliphatic imine (C=N–C) groups is 1. The number of nitrogens with two attached hydrogens (primary N) is 1. The van der Waals surface area contributed by atoms with E-state index in [2.05, 4.69) is 24.2 Å². The Kier molecular flexibility index (Phi) is 8.87. The molecule has 188 valence electrons. The lowest BCUT2D eigenvalue weighted by Gasteiger charge is -2.23. The Morgan fingerprint density at radius 3 is 2.49 bits per heavy atom. The first-order valence-electron chi connectivity index (χ1n) is 12.2. The van der Waals surface area contributed by atoms with Gasteiger partial charge in [0.15, 0.2) is 11.5 Å². The first-order chi connectivity index (χ1) is 16.8. The molecule has 0 saturated heterocycles. The van der Waals surface area contributed by atoms with Gasteiger partial charge in [0, 0.05) is 31.7 Å². The molecule has 2 amide bonds. The Morgan fingerprint density at radius 2 is 1.80 bits per heavy atom. The molecular formula is C27H37N5O3. The van der Waals surface area contributed by atoms with E-state index in [0.29, 0.717) is 25.2 Å². The predicted molar refractivity (Wildman–Crippen MR) is 138 cm³/mol. The van der Waals surface area contributed by atoms with Crippen molar-refractivity contribution in [2.45, 2.75) is 52.2 Å². The number of methoxy groups -OCH3 is 1. The first-order valence-corrected chi connectivity index (χ1v) is 12.2. The van der Waals surface area contributed by atoms with E-state index in [1.807, 2.05) is 53.4 Å². The van der Waals surface area contributed by atoms with Crippen LogP contribution < -0.4 is 15.8 Å². The van der Waals surface area contributed by atoms with Gasteiger partial charge >= 0.3 is 0 Å². The van der Waals surface area contributed by atoms with Crippen LogP contribution in [-0.2, 0) is 17.9 Å². The lowest BCUT2D eigenvalue weighted by atomic mass is 10.0. The van der Waals surface area contributed by atoms with Crippen molar-refractivity contribution in [2.75, 3.05) is 26.7 Å². The first kappa shape index (κ1) is 26.2. The molecule has 3 rings (SSSR count). The minimum atomic E-state index is -0.991. The van der Waals surface area contributed by atoms with Crippen LogP contribution in [0.5, 0.6) is 5.75 Å². The Bertz CT molecular complexity index is 1060. The van der Waals surface area contributed by atoms with Gasteiger partial charge in [-0.1, -0.05) is 38.1 Å². The van der Waals surface area contributed by atoms with Crippen molar-refractivity contribution in [1.29, 1.82) is 0 Å². The van der Waals surface area contributed by atoms with Crippen LogP contribution in [0, 0.1) is 0 Å². The summed E-state index contributed by atoms with van der Waals surface area (Å²) in [6, 6.07) is 15.2. The van der Waals surface area contributed by atoms with E-state index in [1.165, 1.54) is 4.90 Å². The summed E-state index contributed by atoms with van der Waals surface area (Å²) in [5.74, 6) is 0.840. The second kappa shape index (κ2) is 11.8. The molecule has 0 spiro atoms. The lowest BCUT2D eigenvalue weighted by Crippen LogP contribution is -2.47. The maximum Gasteiger partial charge on any atom is 0.258 e. The number of guanidine groups is 1. The number of rotatable bonds is 12. The fraction of sp³-hybridized carbons (Fsp3) is 0.444. The van der Waals surface area contributed by atoms with Crippen LogP contribution in [0.4, 0.5) is 0 Å². The van der Waals surface area contributed by atoms with E-state index < -0.39 is 5.54 Å². The smallest absolute Gasteiger partial charge is 0.258 e. The van der Waals surface area contributed by atoms with Crippen molar-refractivity contribution in [3.63, 3.8) is 0 Å². The van der Waals surface area contributed by atoms with Gasteiger partial charge in [-0.2, -0.15) is 0 Å². The number of nitrogens with zero attached hydrogens (tertiary/aromatic N) is 3. The number of carbonyl (C=O) groups excluding carboxylic acids is 2. The van der Waals surface area contributed by atoms with Crippen LogP contribution in [-0.4, -0.2) is 59.9 Å². The normalized spacial score (nSPS) is 17.4. The highest BCUT2D eigenvalue weighted by atomic mass is 16.5. The van der Waals surface area contributed by atoms with Gasteiger partial charge in [-0.15, -0.1) is 0 Å². The number of ether oxygens (including phenoxy) is 1. The molecular weight excluding hydrogens is 442 g/mol. The van der Waals surface area contributed by atoms with Crippen LogP contribution in [0.1, 0.15) is 55.1 Å². The molecule has 2 aromatic carbocycles. The SMILES string of the molecule is CCCN(CCC)C(=O)c1cccc(CNCC2(C)N=C(N)N(Cc3cccc(OC)c3)C2=O)c1. The largest absolute Gasteiger partial charge is 0.497 e. The molecule has 8 nitrogen and oxygen atoms in total. The third kappa shape index (κ3) is 6.39. The molecule has 1 atom stereocenters. The number of benzene rings is 2. The van der Waals surface area contributed by atoms with Gasteiger partial charge in [0.1, 0.15) is 5.75 Å². The van der Waals surface area contributed by atoms with Gasteiger partial charge in [-0.25, -0.2) is 4.99 Å². The zero-order valence-corrected chi connectivity index (χ0v) is 21.2. The maximum atomic E-state index is 13.2. The second-order valence-electron chi connectivity index (χ2n) is 9.08. The fourth-order valence-electron chi connectivity index (χ4n) is 4.28. The van der Waals surface area contributed by atoms with Gasteiger partial charge in [0.25, 0.3) is 11.8 Å². The molecule has 1 aliphatic rings. The molecule has 2 aromatic rings. The standard InChI is InChI=1S/C27H37N5O3/c1-5-13-31(14-6-2)24(33)22-11-7-9-20(15-22)17-29-19-27(3)25(34)32(26(28)30-27)18-21-10-8-12-23(16-21)35-4/h7-12,15-16,29H,5-6,13-14,17-19H2,1-4H3,(H2,28,30).